The van der Waals surface area contributed by atoms with Crippen LogP contribution in [0.3, 0.4) is 0 Å². The molecule has 0 aliphatic carbocycles. The van der Waals surface area contributed by atoms with Crippen LogP contribution in [0.1, 0.15) is 5.56 Å². The summed E-state index contributed by atoms with van der Waals surface area (Å²) in [6.45, 7) is 2.67. The second-order valence-corrected chi connectivity index (χ2v) is 3.43. The molecule has 0 spiro atoms. The zero-order valence-electron chi connectivity index (χ0n) is 9.58. The van der Waals surface area contributed by atoms with Crippen LogP contribution < -0.4 is 10.1 Å². The summed E-state index contributed by atoms with van der Waals surface area (Å²) < 4.78 is 31.5. The van der Waals surface area contributed by atoms with Crippen molar-refractivity contribution >= 4 is 5.91 Å². The van der Waals surface area contributed by atoms with Gasteiger partial charge < -0.3 is 15.2 Å². The maximum Gasteiger partial charge on any atom is 0.258 e. The molecule has 0 radical (unpaired) electrons. The van der Waals surface area contributed by atoms with Gasteiger partial charge in [0.05, 0.1) is 6.61 Å². The first-order valence-electron chi connectivity index (χ1n) is 5.17. The number of hydrogen-bond donors (Lipinski definition) is 2. The van der Waals surface area contributed by atoms with Gasteiger partial charge in [0, 0.05) is 6.54 Å². The first kappa shape index (κ1) is 14.1. The van der Waals surface area contributed by atoms with E-state index in [1.807, 2.05) is 0 Å². The van der Waals surface area contributed by atoms with E-state index in [-0.39, 0.29) is 12.1 Å². The molecule has 1 aromatic carbocycles. The van der Waals surface area contributed by atoms with Crippen LogP contribution in [0.25, 0.3) is 0 Å². The maximum atomic E-state index is 13.4. The lowest BCUT2D eigenvalue weighted by Crippen LogP contribution is -2.29. The summed E-state index contributed by atoms with van der Waals surface area (Å²) in [4.78, 5) is 11.2. The smallest absolute Gasteiger partial charge is 0.258 e. The zero-order chi connectivity index (χ0) is 13.5. The lowest BCUT2D eigenvalue weighted by Gasteiger charge is -2.09. The summed E-state index contributed by atoms with van der Waals surface area (Å²) in [5.74, 6) is -3.08. The quantitative estimate of drug-likeness (QED) is 0.751. The number of nitrogens with one attached hydrogen (secondary N) is 1. The van der Waals surface area contributed by atoms with Gasteiger partial charge in [-0.1, -0.05) is 6.08 Å². The Morgan fingerprint density at radius 3 is 2.56 bits per heavy atom. The second-order valence-electron chi connectivity index (χ2n) is 3.43. The largest absolute Gasteiger partial charge is 0.478 e. The first-order chi connectivity index (χ1) is 8.58. The van der Waals surface area contributed by atoms with Crippen molar-refractivity contribution in [3.05, 3.63) is 42.0 Å². The summed E-state index contributed by atoms with van der Waals surface area (Å²) in [5, 5.41) is 11.1. The van der Waals surface area contributed by atoms with E-state index in [4.69, 9.17) is 9.84 Å². The van der Waals surface area contributed by atoms with Gasteiger partial charge in [-0.15, -0.1) is 6.58 Å². The van der Waals surface area contributed by atoms with Crippen LogP contribution in [0.2, 0.25) is 0 Å². The number of benzene rings is 1. The Kier molecular flexibility index (Phi) is 5.26. The molecule has 98 valence electrons. The summed E-state index contributed by atoms with van der Waals surface area (Å²) in [7, 11) is 0. The summed E-state index contributed by atoms with van der Waals surface area (Å²) in [5.41, 5.74) is 0.0912. The van der Waals surface area contributed by atoms with Gasteiger partial charge in [-0.05, 0) is 17.7 Å². The van der Waals surface area contributed by atoms with Gasteiger partial charge in [0.2, 0.25) is 0 Å². The highest BCUT2D eigenvalue weighted by molar-refractivity contribution is 5.77. The number of amides is 1. The second kappa shape index (κ2) is 6.70. The highest BCUT2D eigenvalue weighted by atomic mass is 19.1. The van der Waals surface area contributed by atoms with Gasteiger partial charge in [-0.25, -0.2) is 8.78 Å². The summed E-state index contributed by atoms with van der Waals surface area (Å²) >= 11 is 0. The van der Waals surface area contributed by atoms with Crippen LogP contribution in [0.15, 0.2) is 24.8 Å². The molecule has 1 amide bonds. The number of aliphatic hydroxyl groups is 1. The Hall–Kier alpha value is -1.95. The van der Waals surface area contributed by atoms with Gasteiger partial charge >= 0.3 is 0 Å². The molecule has 0 unspecified atom stereocenters. The Bertz CT molecular complexity index is 426. The van der Waals surface area contributed by atoms with Crippen LogP contribution >= 0.6 is 0 Å². The zero-order valence-corrected chi connectivity index (χ0v) is 9.58. The normalized spacial score (nSPS) is 9.94. The number of carbonyl (C=O) groups excluding carboxylic acids is 1. The van der Waals surface area contributed by atoms with Crippen molar-refractivity contribution in [1.29, 1.82) is 0 Å². The Morgan fingerprint density at radius 1 is 1.44 bits per heavy atom. The van der Waals surface area contributed by atoms with E-state index in [2.05, 4.69) is 11.9 Å². The third kappa shape index (κ3) is 3.81. The molecule has 0 saturated carbocycles. The average Bonchev–Trinajstić information content (AvgIpc) is 2.34. The van der Waals surface area contributed by atoms with Crippen LogP contribution in [-0.2, 0) is 11.4 Å². The van der Waals surface area contributed by atoms with E-state index < -0.39 is 36.5 Å². The molecule has 0 atom stereocenters. The van der Waals surface area contributed by atoms with Crippen molar-refractivity contribution in [1.82, 2.24) is 5.32 Å². The van der Waals surface area contributed by atoms with Crippen molar-refractivity contribution in [2.45, 2.75) is 6.61 Å². The molecule has 0 bridgehead atoms. The van der Waals surface area contributed by atoms with E-state index in [1.165, 1.54) is 6.08 Å². The van der Waals surface area contributed by atoms with E-state index in [1.54, 1.807) is 0 Å². The topological polar surface area (TPSA) is 58.6 Å². The summed E-state index contributed by atoms with van der Waals surface area (Å²) in [6.07, 6.45) is 1.47. The van der Waals surface area contributed by atoms with Gasteiger partial charge in [-0.2, -0.15) is 0 Å². The predicted octanol–water partition coefficient (Wildman–Crippen LogP) is 1.14. The van der Waals surface area contributed by atoms with Gasteiger partial charge in [0.1, 0.15) is 0 Å². The van der Waals surface area contributed by atoms with Gasteiger partial charge in [0.25, 0.3) is 5.91 Å². The molecule has 1 aromatic rings. The fraction of sp³-hybridized carbons (Fsp3) is 0.250. The number of aliphatic hydroxyl groups excluding tert-OH is 1. The number of carbonyl (C=O) groups is 1. The molecule has 4 nitrogen and oxygen atoms in total. The lowest BCUT2D eigenvalue weighted by atomic mass is 10.2. The average molecular weight is 257 g/mol. The molecule has 6 heteroatoms. The molecular weight excluding hydrogens is 244 g/mol. The van der Waals surface area contributed by atoms with Crippen molar-refractivity contribution < 1.29 is 23.4 Å². The number of hydrogen-bond acceptors (Lipinski definition) is 3. The minimum absolute atomic E-state index is 0.0912. The molecule has 0 saturated heterocycles. The van der Waals surface area contributed by atoms with E-state index >= 15 is 0 Å². The predicted molar refractivity (Wildman–Crippen MR) is 61.0 cm³/mol. The third-order valence-electron chi connectivity index (χ3n) is 2.03. The van der Waals surface area contributed by atoms with Crippen molar-refractivity contribution in [3.8, 4) is 5.75 Å². The van der Waals surface area contributed by atoms with Crippen molar-refractivity contribution in [3.63, 3.8) is 0 Å². The van der Waals surface area contributed by atoms with Crippen LogP contribution in [0, 0.1) is 11.6 Å². The molecule has 0 aliphatic rings. The molecule has 0 aromatic heterocycles. The molecular formula is C12H13F2NO3. The minimum Gasteiger partial charge on any atom is -0.478 e. The Labute approximate surface area is 103 Å². The molecule has 0 heterocycles. The van der Waals surface area contributed by atoms with E-state index in [9.17, 15) is 13.6 Å². The Morgan fingerprint density at radius 2 is 2.06 bits per heavy atom. The Balaban J connectivity index is 2.67. The molecule has 0 fully saturated rings. The fourth-order valence-corrected chi connectivity index (χ4v) is 1.22. The van der Waals surface area contributed by atoms with Crippen molar-refractivity contribution in [2.75, 3.05) is 13.2 Å². The molecule has 1 rings (SSSR count). The number of rotatable bonds is 6. The summed E-state index contributed by atoms with van der Waals surface area (Å²) in [6, 6.07) is 1.89. The highest BCUT2D eigenvalue weighted by Gasteiger charge is 2.13. The van der Waals surface area contributed by atoms with Gasteiger partial charge in [0.15, 0.2) is 24.0 Å². The monoisotopic (exact) mass is 257 g/mol. The van der Waals surface area contributed by atoms with Crippen LogP contribution in [0.5, 0.6) is 5.75 Å². The molecule has 0 aliphatic heterocycles. The maximum absolute atomic E-state index is 13.4. The minimum atomic E-state index is -0.962. The lowest BCUT2D eigenvalue weighted by molar-refractivity contribution is -0.122. The fourth-order valence-electron chi connectivity index (χ4n) is 1.22. The third-order valence-corrected chi connectivity index (χ3v) is 2.03. The van der Waals surface area contributed by atoms with E-state index in [0.29, 0.717) is 0 Å². The standard InChI is InChI=1S/C12H13F2NO3/c1-2-3-15-11(17)7-18-12-9(13)4-8(6-16)5-10(12)14/h2,4-5,16H,1,3,6-7H2,(H,15,17). The van der Waals surface area contributed by atoms with Crippen molar-refractivity contribution in [2.24, 2.45) is 0 Å². The number of ether oxygens (including phenoxy) is 1. The van der Waals surface area contributed by atoms with Gasteiger partial charge in [-0.3, -0.25) is 4.79 Å². The van der Waals surface area contributed by atoms with E-state index in [0.717, 1.165) is 12.1 Å². The number of halogens is 2. The first-order valence-corrected chi connectivity index (χ1v) is 5.17. The van der Waals surface area contributed by atoms with Crippen LogP contribution in [0.4, 0.5) is 8.78 Å². The highest BCUT2D eigenvalue weighted by Crippen LogP contribution is 2.23. The molecule has 2 N–H and O–H groups in total. The SMILES string of the molecule is C=CCNC(=O)COc1c(F)cc(CO)cc1F. The van der Waals surface area contributed by atoms with Crippen LogP contribution in [-0.4, -0.2) is 24.2 Å². The molecule has 18 heavy (non-hydrogen) atoms.